The van der Waals surface area contributed by atoms with Crippen LogP contribution in [0.3, 0.4) is 0 Å². The fraction of sp³-hybridized carbons (Fsp3) is 1.00. The zero-order valence-electron chi connectivity index (χ0n) is 5.70. The van der Waals surface area contributed by atoms with Crippen molar-refractivity contribution in [3.63, 3.8) is 0 Å². The van der Waals surface area contributed by atoms with Crippen LogP contribution in [0.4, 0.5) is 0 Å². The van der Waals surface area contributed by atoms with Crippen LogP contribution in [0.2, 0.25) is 0 Å². The average molecular weight is 270 g/mol. The van der Waals surface area contributed by atoms with Crippen LogP contribution in [0.15, 0.2) is 0 Å². The summed E-state index contributed by atoms with van der Waals surface area (Å²) in [4.78, 5) is 0. The summed E-state index contributed by atoms with van der Waals surface area (Å²) in [5.74, 6) is 0. The molecule has 0 fully saturated rings. The van der Waals surface area contributed by atoms with Crippen molar-refractivity contribution >= 4 is 20.2 Å². The summed E-state index contributed by atoms with van der Waals surface area (Å²) in [6.45, 7) is -1.52. The van der Waals surface area contributed by atoms with Crippen LogP contribution >= 0.6 is 0 Å². The molecular formula is C2H4O7S2Zn. The van der Waals surface area contributed by atoms with E-state index in [0.717, 1.165) is 0 Å². The van der Waals surface area contributed by atoms with Crippen molar-refractivity contribution in [2.45, 2.75) is 4.58 Å². The van der Waals surface area contributed by atoms with Crippen LogP contribution in [-0.2, 0) is 39.7 Å². The fourth-order valence-corrected chi connectivity index (χ4v) is 1.85. The Bertz CT molecular complexity index is 281. The molecule has 12 heavy (non-hydrogen) atoms. The van der Waals surface area contributed by atoms with E-state index in [0.29, 0.717) is 0 Å². The maximum absolute atomic E-state index is 9.91. The van der Waals surface area contributed by atoms with E-state index in [1.54, 1.807) is 0 Å². The first kappa shape index (κ1) is 14.9. The molecule has 0 aliphatic heterocycles. The summed E-state index contributed by atoms with van der Waals surface area (Å²) < 4.78 is 56.7. The molecule has 7 nitrogen and oxygen atoms in total. The van der Waals surface area contributed by atoms with E-state index >= 15 is 0 Å². The molecule has 0 radical (unpaired) electrons. The first-order valence-corrected chi connectivity index (χ1v) is 5.14. The number of aliphatic hydroxyl groups excluding tert-OH is 1. The Balaban J connectivity index is 0. The van der Waals surface area contributed by atoms with Crippen molar-refractivity contribution in [3.05, 3.63) is 0 Å². The van der Waals surface area contributed by atoms with Crippen LogP contribution in [0.5, 0.6) is 0 Å². The van der Waals surface area contributed by atoms with Gasteiger partial charge in [-0.15, -0.1) is 0 Å². The molecule has 0 saturated heterocycles. The van der Waals surface area contributed by atoms with E-state index in [2.05, 4.69) is 0 Å². The van der Waals surface area contributed by atoms with Gasteiger partial charge in [-0.3, -0.25) is 0 Å². The van der Waals surface area contributed by atoms with Gasteiger partial charge in [-0.1, -0.05) is 0 Å². The van der Waals surface area contributed by atoms with Crippen molar-refractivity contribution in [1.82, 2.24) is 0 Å². The minimum atomic E-state index is -5.27. The number of rotatable bonds is 3. The van der Waals surface area contributed by atoms with Gasteiger partial charge in [0, 0.05) is 0 Å². The predicted molar refractivity (Wildman–Crippen MR) is 30.3 cm³/mol. The number of aliphatic hydroxyl groups is 1. The summed E-state index contributed by atoms with van der Waals surface area (Å²) in [5.41, 5.74) is 0. The maximum atomic E-state index is 9.91. The fourth-order valence-electron chi connectivity index (χ4n) is 0.327. The van der Waals surface area contributed by atoms with Gasteiger partial charge in [0.25, 0.3) is 0 Å². The summed E-state index contributed by atoms with van der Waals surface area (Å²) in [6.07, 6.45) is 0. The Hall–Kier alpha value is 0.403. The SMILES string of the molecule is O=S(=O)([O-])C(CO)S(=O)(=O)[O-].[Zn+2]. The second kappa shape index (κ2) is 4.59. The van der Waals surface area contributed by atoms with Crippen molar-refractivity contribution < 1.29 is 50.5 Å². The number of hydrogen-bond donors (Lipinski definition) is 1. The van der Waals surface area contributed by atoms with Crippen LogP contribution in [0.25, 0.3) is 0 Å². The van der Waals surface area contributed by atoms with Crippen LogP contribution in [0, 0.1) is 0 Å². The zero-order chi connectivity index (χ0) is 9.28. The zero-order valence-corrected chi connectivity index (χ0v) is 10.3. The van der Waals surface area contributed by atoms with Gasteiger partial charge in [0.15, 0.2) is 4.58 Å². The molecule has 0 rings (SSSR count). The van der Waals surface area contributed by atoms with Crippen LogP contribution in [-0.4, -0.2) is 42.2 Å². The predicted octanol–water partition coefficient (Wildman–Crippen LogP) is -2.61. The third-order valence-corrected chi connectivity index (χ3v) is 3.79. The van der Waals surface area contributed by atoms with Crippen molar-refractivity contribution in [3.8, 4) is 0 Å². The Morgan fingerprint density at radius 1 is 1.08 bits per heavy atom. The largest absolute Gasteiger partial charge is 2.00 e. The molecule has 68 valence electrons. The maximum Gasteiger partial charge on any atom is 2.00 e. The van der Waals surface area contributed by atoms with Crippen molar-refractivity contribution in [1.29, 1.82) is 0 Å². The van der Waals surface area contributed by atoms with E-state index in [1.165, 1.54) is 0 Å². The molecule has 0 aliphatic carbocycles. The molecule has 0 aromatic carbocycles. The molecular weight excluding hydrogens is 266 g/mol. The Labute approximate surface area is 82.0 Å². The summed E-state index contributed by atoms with van der Waals surface area (Å²) >= 11 is 0. The van der Waals surface area contributed by atoms with E-state index in [9.17, 15) is 25.9 Å². The summed E-state index contributed by atoms with van der Waals surface area (Å²) in [5, 5.41) is 8.04. The van der Waals surface area contributed by atoms with Gasteiger partial charge in [0.1, 0.15) is 20.2 Å². The van der Waals surface area contributed by atoms with Crippen molar-refractivity contribution in [2.24, 2.45) is 0 Å². The summed E-state index contributed by atoms with van der Waals surface area (Å²) in [6, 6.07) is 0. The average Bonchev–Trinajstić information content (AvgIpc) is 1.56. The molecule has 0 atom stereocenters. The van der Waals surface area contributed by atoms with Gasteiger partial charge in [0.05, 0.1) is 6.61 Å². The van der Waals surface area contributed by atoms with Crippen LogP contribution in [0.1, 0.15) is 0 Å². The molecule has 0 amide bonds. The van der Waals surface area contributed by atoms with E-state index in [-0.39, 0.29) is 19.5 Å². The topological polar surface area (TPSA) is 135 Å². The molecule has 0 saturated carbocycles. The third kappa shape index (κ3) is 4.43. The van der Waals surface area contributed by atoms with Gasteiger partial charge in [-0.05, 0) is 0 Å². The Kier molecular flexibility index (Phi) is 5.70. The summed E-state index contributed by atoms with van der Waals surface area (Å²) in [7, 11) is -10.5. The van der Waals surface area contributed by atoms with E-state index < -0.39 is 31.4 Å². The molecule has 10 heteroatoms. The molecule has 0 aromatic heterocycles. The molecule has 0 heterocycles. The van der Waals surface area contributed by atoms with Crippen molar-refractivity contribution in [2.75, 3.05) is 6.61 Å². The van der Waals surface area contributed by atoms with Crippen LogP contribution < -0.4 is 0 Å². The first-order valence-electron chi connectivity index (χ1n) is 2.20. The smallest absolute Gasteiger partial charge is 0.747 e. The minimum absolute atomic E-state index is 0. The van der Waals surface area contributed by atoms with E-state index in [4.69, 9.17) is 5.11 Å². The molecule has 0 spiro atoms. The van der Waals surface area contributed by atoms with Gasteiger partial charge >= 0.3 is 19.5 Å². The number of hydrogen-bond acceptors (Lipinski definition) is 7. The first-order chi connectivity index (χ1) is 4.69. The molecule has 0 unspecified atom stereocenters. The second-order valence-corrected chi connectivity index (χ2v) is 5.01. The minimum Gasteiger partial charge on any atom is -0.747 e. The van der Waals surface area contributed by atoms with Gasteiger partial charge < -0.3 is 14.2 Å². The van der Waals surface area contributed by atoms with Gasteiger partial charge in [-0.25, -0.2) is 16.8 Å². The van der Waals surface area contributed by atoms with Gasteiger partial charge in [-0.2, -0.15) is 0 Å². The molecule has 0 aliphatic rings. The molecule has 1 N–H and O–H groups in total. The monoisotopic (exact) mass is 268 g/mol. The molecule has 0 bridgehead atoms. The van der Waals surface area contributed by atoms with Gasteiger partial charge in [0.2, 0.25) is 0 Å². The second-order valence-electron chi connectivity index (χ2n) is 1.60. The molecule has 0 aromatic rings. The van der Waals surface area contributed by atoms with E-state index in [1.807, 2.05) is 0 Å². The quantitative estimate of drug-likeness (QED) is 0.438. The Morgan fingerprint density at radius 2 is 1.33 bits per heavy atom. The Morgan fingerprint density at radius 3 is 1.33 bits per heavy atom. The third-order valence-electron chi connectivity index (χ3n) is 0.793. The normalized spacial score (nSPS) is 12.7. The standard InChI is InChI=1S/C2H6O7S2.Zn/c3-1-2(10(4,5)6)11(7,8)9;/h2-3H,1H2,(H,4,5,6)(H,7,8,9);/q;+2/p-2.